The molecule has 0 bridgehead atoms. The van der Waals surface area contributed by atoms with Gasteiger partial charge in [0.1, 0.15) is 5.75 Å². The van der Waals surface area contributed by atoms with Crippen LogP contribution in [0.4, 0.5) is 0 Å². The lowest BCUT2D eigenvalue weighted by molar-refractivity contribution is -0.123. The summed E-state index contributed by atoms with van der Waals surface area (Å²) in [6, 6.07) is 16.9. The lowest BCUT2D eigenvalue weighted by atomic mass is 9.65. The predicted molar refractivity (Wildman–Crippen MR) is 111 cm³/mol. The monoisotopic (exact) mass is 381 g/mol. The quantitative estimate of drug-likeness (QED) is 0.710. The topological polar surface area (TPSA) is 58.6 Å². The number of nitrogens with one attached hydrogen (secondary N) is 1. The highest BCUT2D eigenvalue weighted by Gasteiger charge is 2.36. The van der Waals surface area contributed by atoms with Gasteiger partial charge < -0.3 is 15.2 Å². The van der Waals surface area contributed by atoms with Crippen LogP contribution in [-0.4, -0.2) is 24.2 Å². The third kappa shape index (κ3) is 5.14. The third-order valence-corrected chi connectivity index (χ3v) is 5.64. The van der Waals surface area contributed by atoms with E-state index < -0.39 is 6.04 Å². The minimum atomic E-state index is -0.430. The van der Waals surface area contributed by atoms with E-state index in [4.69, 9.17) is 4.74 Å². The molecule has 2 N–H and O–H groups in total. The molecule has 28 heavy (non-hydrogen) atoms. The maximum Gasteiger partial charge on any atom is 0.227 e. The largest absolute Gasteiger partial charge is 0.493 e. The van der Waals surface area contributed by atoms with Crippen LogP contribution in [0.15, 0.2) is 54.6 Å². The van der Waals surface area contributed by atoms with Gasteiger partial charge in [-0.3, -0.25) is 4.79 Å². The van der Waals surface area contributed by atoms with Gasteiger partial charge in [-0.15, -0.1) is 0 Å². The smallest absolute Gasteiger partial charge is 0.227 e. The molecule has 0 heterocycles. The van der Waals surface area contributed by atoms with Crippen molar-refractivity contribution in [2.45, 2.75) is 45.6 Å². The summed E-state index contributed by atoms with van der Waals surface area (Å²) in [4.78, 5) is 12.6. The van der Waals surface area contributed by atoms with Gasteiger partial charge >= 0.3 is 0 Å². The molecule has 2 atom stereocenters. The van der Waals surface area contributed by atoms with E-state index in [-0.39, 0.29) is 18.4 Å². The molecule has 1 saturated carbocycles. The van der Waals surface area contributed by atoms with Gasteiger partial charge in [0.2, 0.25) is 5.91 Å². The number of hydrogen-bond donors (Lipinski definition) is 2. The molecule has 2 aromatic carbocycles. The Hall–Kier alpha value is -2.33. The van der Waals surface area contributed by atoms with E-state index in [9.17, 15) is 9.90 Å². The maximum atomic E-state index is 12.6. The number of carbonyl (C=O) groups excluding carboxylic acids is 1. The van der Waals surface area contributed by atoms with Crippen molar-refractivity contribution in [2.75, 3.05) is 13.2 Å². The lowest BCUT2D eigenvalue weighted by Crippen LogP contribution is -2.35. The van der Waals surface area contributed by atoms with Crippen LogP contribution in [0.2, 0.25) is 0 Å². The summed E-state index contributed by atoms with van der Waals surface area (Å²) in [5.74, 6) is 1.09. The summed E-state index contributed by atoms with van der Waals surface area (Å²) >= 11 is 0. The Kier molecular flexibility index (Phi) is 6.40. The SMILES string of the molecule is C[C@H](C(=O)N[C@@H](CO)c1ccc(OCC2CC(C)(C)C2)cc1)c1ccccc1. The highest BCUT2D eigenvalue weighted by Crippen LogP contribution is 2.44. The molecule has 0 spiro atoms. The Labute approximate surface area is 167 Å². The van der Waals surface area contributed by atoms with E-state index in [1.54, 1.807) is 0 Å². The van der Waals surface area contributed by atoms with Gasteiger partial charge in [-0.05, 0) is 54.4 Å². The summed E-state index contributed by atoms with van der Waals surface area (Å²) in [7, 11) is 0. The fourth-order valence-electron chi connectivity index (χ4n) is 4.06. The fraction of sp³-hybridized carbons (Fsp3) is 0.458. The second kappa shape index (κ2) is 8.78. The Morgan fingerprint density at radius 1 is 1.11 bits per heavy atom. The van der Waals surface area contributed by atoms with Gasteiger partial charge in [-0.25, -0.2) is 0 Å². The molecule has 0 aliphatic heterocycles. The first-order chi connectivity index (χ1) is 13.4. The van der Waals surface area contributed by atoms with Crippen molar-refractivity contribution in [3.05, 3.63) is 65.7 Å². The number of aliphatic hydroxyl groups excluding tert-OH is 1. The van der Waals surface area contributed by atoms with Gasteiger partial charge in [0.25, 0.3) is 0 Å². The Bertz CT molecular complexity index is 762. The van der Waals surface area contributed by atoms with Crippen molar-refractivity contribution in [3.63, 3.8) is 0 Å². The summed E-state index contributed by atoms with van der Waals surface area (Å²) < 4.78 is 5.90. The van der Waals surface area contributed by atoms with Crippen LogP contribution in [-0.2, 0) is 4.79 Å². The van der Waals surface area contributed by atoms with E-state index in [2.05, 4.69) is 19.2 Å². The average Bonchev–Trinajstić information content (AvgIpc) is 2.69. The van der Waals surface area contributed by atoms with Gasteiger partial charge in [0.05, 0.1) is 25.2 Å². The maximum absolute atomic E-state index is 12.6. The van der Waals surface area contributed by atoms with Gasteiger partial charge in [-0.1, -0.05) is 56.3 Å². The number of ether oxygens (including phenoxy) is 1. The summed E-state index contributed by atoms with van der Waals surface area (Å²) in [6.07, 6.45) is 2.42. The zero-order chi connectivity index (χ0) is 20.1. The standard InChI is InChI=1S/C24H31NO3/c1-17(19-7-5-4-6-8-19)23(27)25-22(15-26)20-9-11-21(12-10-20)28-16-18-13-24(2,3)14-18/h4-12,17-18,22,26H,13-16H2,1-3H3,(H,25,27)/t17-,22-/m0/s1. The van der Waals surface area contributed by atoms with Gasteiger partial charge in [-0.2, -0.15) is 0 Å². The van der Waals surface area contributed by atoms with Crippen LogP contribution in [0, 0.1) is 11.3 Å². The number of benzene rings is 2. The summed E-state index contributed by atoms with van der Waals surface area (Å²) in [6.45, 7) is 7.06. The molecule has 0 saturated heterocycles. The van der Waals surface area contributed by atoms with Crippen LogP contribution in [0.1, 0.15) is 56.7 Å². The minimum absolute atomic E-state index is 0.0989. The number of amides is 1. The molecule has 0 unspecified atom stereocenters. The zero-order valence-corrected chi connectivity index (χ0v) is 17.0. The van der Waals surface area contributed by atoms with E-state index >= 15 is 0 Å². The number of aliphatic hydroxyl groups is 1. The van der Waals surface area contributed by atoms with E-state index in [1.807, 2.05) is 61.5 Å². The molecule has 1 aliphatic carbocycles. The Morgan fingerprint density at radius 2 is 1.75 bits per heavy atom. The summed E-state index contributed by atoms with van der Waals surface area (Å²) in [5, 5.41) is 12.7. The van der Waals surface area contributed by atoms with Gasteiger partial charge in [0, 0.05) is 0 Å². The Morgan fingerprint density at radius 3 is 2.32 bits per heavy atom. The van der Waals surface area contributed by atoms with Crippen molar-refractivity contribution in [1.29, 1.82) is 0 Å². The fourth-order valence-corrected chi connectivity index (χ4v) is 4.06. The molecule has 1 fully saturated rings. The lowest BCUT2D eigenvalue weighted by Gasteiger charge is -2.42. The molecule has 2 aromatic rings. The number of carbonyl (C=O) groups is 1. The third-order valence-electron chi connectivity index (χ3n) is 5.64. The second-order valence-corrected chi connectivity index (χ2v) is 8.69. The molecule has 3 rings (SSSR count). The first kappa shape index (κ1) is 20.4. The normalized spacial score (nSPS) is 18.0. The van der Waals surface area contributed by atoms with Crippen molar-refractivity contribution in [3.8, 4) is 5.75 Å². The molecule has 4 nitrogen and oxygen atoms in total. The van der Waals surface area contributed by atoms with Crippen molar-refractivity contribution in [1.82, 2.24) is 5.32 Å². The number of rotatable bonds is 8. The first-order valence-corrected chi connectivity index (χ1v) is 10.1. The zero-order valence-electron chi connectivity index (χ0n) is 17.0. The van der Waals surface area contributed by atoms with Crippen LogP contribution >= 0.6 is 0 Å². The molecule has 0 aromatic heterocycles. The highest BCUT2D eigenvalue weighted by molar-refractivity contribution is 5.83. The van der Waals surface area contributed by atoms with Crippen molar-refractivity contribution >= 4 is 5.91 Å². The summed E-state index contributed by atoms with van der Waals surface area (Å²) in [5.41, 5.74) is 2.29. The molecular weight excluding hydrogens is 350 g/mol. The number of hydrogen-bond acceptors (Lipinski definition) is 3. The van der Waals surface area contributed by atoms with Crippen LogP contribution in [0.5, 0.6) is 5.75 Å². The van der Waals surface area contributed by atoms with Crippen LogP contribution in [0.25, 0.3) is 0 Å². The van der Waals surface area contributed by atoms with E-state index in [1.165, 1.54) is 12.8 Å². The molecule has 0 radical (unpaired) electrons. The van der Waals surface area contributed by atoms with Crippen LogP contribution < -0.4 is 10.1 Å². The molecule has 4 heteroatoms. The molecular formula is C24H31NO3. The van der Waals surface area contributed by atoms with Gasteiger partial charge in [0.15, 0.2) is 0 Å². The molecule has 1 aliphatic rings. The molecule has 1 amide bonds. The van der Waals surface area contributed by atoms with E-state index in [0.29, 0.717) is 11.3 Å². The highest BCUT2D eigenvalue weighted by atomic mass is 16.5. The van der Waals surface area contributed by atoms with Crippen molar-refractivity contribution < 1.29 is 14.6 Å². The Balaban J connectivity index is 1.54. The molecule has 150 valence electrons. The average molecular weight is 382 g/mol. The van der Waals surface area contributed by atoms with Crippen LogP contribution in [0.3, 0.4) is 0 Å². The predicted octanol–water partition coefficient (Wildman–Crippen LogP) is 4.45. The second-order valence-electron chi connectivity index (χ2n) is 8.69. The van der Waals surface area contributed by atoms with Crippen molar-refractivity contribution in [2.24, 2.45) is 11.3 Å². The van der Waals surface area contributed by atoms with E-state index in [0.717, 1.165) is 23.5 Å². The first-order valence-electron chi connectivity index (χ1n) is 10.1. The minimum Gasteiger partial charge on any atom is -0.493 e.